The third-order valence-electron chi connectivity index (χ3n) is 2.92. The van der Waals surface area contributed by atoms with Crippen LogP contribution in [0.5, 0.6) is 0 Å². The molecule has 0 aliphatic rings. The highest BCUT2D eigenvalue weighted by molar-refractivity contribution is 5.29. The number of nitrogens with one attached hydrogen (secondary N) is 1. The van der Waals surface area contributed by atoms with Crippen molar-refractivity contribution in [2.45, 2.75) is 38.9 Å². The summed E-state index contributed by atoms with van der Waals surface area (Å²) in [6, 6.07) is 6.47. The predicted octanol–water partition coefficient (Wildman–Crippen LogP) is 3.77. The molecule has 0 aliphatic heterocycles. The summed E-state index contributed by atoms with van der Waals surface area (Å²) in [4.78, 5) is 0. The SMILES string of the molecule is CCCNC(C)(c1ccc(C)cc1)C(F)(F)F. The first-order valence-corrected chi connectivity index (χ1v) is 5.70. The first kappa shape index (κ1) is 14.0. The molecule has 96 valence electrons. The van der Waals surface area contributed by atoms with Gasteiger partial charge in [0.2, 0.25) is 0 Å². The minimum Gasteiger partial charge on any atom is -0.300 e. The van der Waals surface area contributed by atoms with Crippen molar-refractivity contribution in [3.05, 3.63) is 35.4 Å². The van der Waals surface area contributed by atoms with E-state index in [1.165, 1.54) is 19.1 Å². The molecule has 1 unspecified atom stereocenters. The second-order valence-corrected chi connectivity index (χ2v) is 4.42. The van der Waals surface area contributed by atoms with E-state index in [9.17, 15) is 13.2 Å². The van der Waals surface area contributed by atoms with Gasteiger partial charge in [0.1, 0.15) is 5.54 Å². The Kier molecular flexibility index (Phi) is 4.20. The van der Waals surface area contributed by atoms with Gasteiger partial charge in [-0.25, -0.2) is 0 Å². The fourth-order valence-corrected chi connectivity index (χ4v) is 1.63. The smallest absolute Gasteiger partial charge is 0.300 e. The van der Waals surface area contributed by atoms with E-state index in [2.05, 4.69) is 5.32 Å². The van der Waals surface area contributed by atoms with Crippen LogP contribution in [0, 0.1) is 6.92 Å². The molecule has 1 N–H and O–H groups in total. The summed E-state index contributed by atoms with van der Waals surface area (Å²) in [6.45, 7) is 5.23. The van der Waals surface area contributed by atoms with Gasteiger partial charge in [-0.3, -0.25) is 0 Å². The average Bonchev–Trinajstić information content (AvgIpc) is 2.25. The standard InChI is InChI=1S/C13H18F3N/c1-4-9-17-12(3,13(14,15)16)11-7-5-10(2)6-8-11/h5-8,17H,4,9H2,1-3H3. The minimum absolute atomic E-state index is 0.254. The van der Waals surface area contributed by atoms with Crippen LogP contribution in [0.15, 0.2) is 24.3 Å². The summed E-state index contributed by atoms with van der Waals surface area (Å²) in [5.41, 5.74) is -0.769. The molecule has 0 spiro atoms. The lowest BCUT2D eigenvalue weighted by molar-refractivity contribution is -0.195. The van der Waals surface area contributed by atoms with Crippen LogP contribution < -0.4 is 5.32 Å². The highest BCUT2D eigenvalue weighted by Crippen LogP contribution is 2.38. The zero-order chi connectivity index (χ0) is 13.1. The number of alkyl halides is 3. The van der Waals surface area contributed by atoms with Crippen LogP contribution in [0.3, 0.4) is 0 Å². The van der Waals surface area contributed by atoms with Gasteiger partial charge in [-0.15, -0.1) is 0 Å². The second kappa shape index (κ2) is 5.08. The van der Waals surface area contributed by atoms with Crippen molar-refractivity contribution in [1.82, 2.24) is 5.32 Å². The van der Waals surface area contributed by atoms with Gasteiger partial charge in [0.15, 0.2) is 0 Å². The fourth-order valence-electron chi connectivity index (χ4n) is 1.63. The van der Waals surface area contributed by atoms with Gasteiger partial charge in [-0.1, -0.05) is 36.8 Å². The van der Waals surface area contributed by atoms with Crippen LogP contribution in [-0.4, -0.2) is 12.7 Å². The zero-order valence-electron chi connectivity index (χ0n) is 10.4. The molecule has 0 fully saturated rings. The number of hydrogen-bond acceptors (Lipinski definition) is 1. The summed E-state index contributed by atoms with van der Waals surface area (Å²) >= 11 is 0. The van der Waals surface area contributed by atoms with Gasteiger partial charge >= 0.3 is 6.18 Å². The molecule has 1 aromatic rings. The van der Waals surface area contributed by atoms with Crippen LogP contribution >= 0.6 is 0 Å². The molecule has 17 heavy (non-hydrogen) atoms. The normalized spacial score (nSPS) is 15.6. The summed E-state index contributed by atoms with van der Waals surface area (Å²) in [6.07, 6.45) is -3.64. The molecule has 0 saturated carbocycles. The van der Waals surface area contributed by atoms with Gasteiger partial charge in [0.05, 0.1) is 0 Å². The van der Waals surface area contributed by atoms with Crippen LogP contribution in [0.2, 0.25) is 0 Å². The van der Waals surface area contributed by atoms with E-state index >= 15 is 0 Å². The molecular weight excluding hydrogens is 227 g/mol. The Bertz CT molecular complexity index is 356. The highest BCUT2D eigenvalue weighted by Gasteiger charge is 2.51. The molecule has 1 aromatic carbocycles. The van der Waals surface area contributed by atoms with Crippen molar-refractivity contribution in [1.29, 1.82) is 0 Å². The first-order valence-electron chi connectivity index (χ1n) is 5.70. The molecule has 1 nitrogen and oxygen atoms in total. The highest BCUT2D eigenvalue weighted by atomic mass is 19.4. The molecule has 0 bridgehead atoms. The van der Waals surface area contributed by atoms with Gasteiger partial charge in [-0.05, 0) is 32.4 Å². The minimum atomic E-state index is -4.31. The molecular formula is C13H18F3N. The molecule has 4 heteroatoms. The van der Waals surface area contributed by atoms with Crippen LogP contribution in [0.1, 0.15) is 31.4 Å². The topological polar surface area (TPSA) is 12.0 Å². The predicted molar refractivity (Wildman–Crippen MR) is 62.9 cm³/mol. The lowest BCUT2D eigenvalue weighted by atomic mass is 9.90. The molecule has 1 atom stereocenters. The van der Waals surface area contributed by atoms with Crippen LogP contribution in [0.4, 0.5) is 13.2 Å². The lowest BCUT2D eigenvalue weighted by Gasteiger charge is -2.33. The van der Waals surface area contributed by atoms with Gasteiger partial charge < -0.3 is 5.32 Å². The third-order valence-corrected chi connectivity index (χ3v) is 2.92. The van der Waals surface area contributed by atoms with E-state index in [0.29, 0.717) is 13.0 Å². The Hall–Kier alpha value is -1.03. The first-order chi connectivity index (χ1) is 7.81. The zero-order valence-corrected chi connectivity index (χ0v) is 10.4. The quantitative estimate of drug-likeness (QED) is 0.851. The van der Waals surface area contributed by atoms with E-state index in [0.717, 1.165) is 5.56 Å². The van der Waals surface area contributed by atoms with Gasteiger partial charge in [0, 0.05) is 0 Å². The Balaban J connectivity index is 3.10. The van der Waals surface area contributed by atoms with Gasteiger partial charge in [-0.2, -0.15) is 13.2 Å². The Labute approximate surface area is 100 Å². The Morgan fingerprint density at radius 1 is 1.12 bits per heavy atom. The molecule has 0 heterocycles. The number of benzene rings is 1. The van der Waals surface area contributed by atoms with E-state index in [-0.39, 0.29) is 5.56 Å². The third kappa shape index (κ3) is 3.00. The summed E-state index contributed by atoms with van der Waals surface area (Å²) in [5, 5.41) is 2.60. The molecule has 0 aliphatic carbocycles. The number of rotatable bonds is 4. The number of halogens is 3. The average molecular weight is 245 g/mol. The molecule has 0 aromatic heterocycles. The van der Waals surface area contributed by atoms with E-state index in [1.807, 2.05) is 13.8 Å². The molecule has 1 rings (SSSR count). The Morgan fingerprint density at radius 3 is 2.06 bits per heavy atom. The van der Waals surface area contributed by atoms with E-state index < -0.39 is 11.7 Å². The van der Waals surface area contributed by atoms with Crippen molar-refractivity contribution >= 4 is 0 Å². The largest absolute Gasteiger partial charge is 0.410 e. The Morgan fingerprint density at radius 2 is 1.65 bits per heavy atom. The van der Waals surface area contributed by atoms with Crippen molar-refractivity contribution in [3.8, 4) is 0 Å². The molecule has 0 saturated heterocycles. The fraction of sp³-hybridized carbons (Fsp3) is 0.538. The summed E-state index contributed by atoms with van der Waals surface area (Å²) in [5.74, 6) is 0. The molecule has 0 amide bonds. The van der Waals surface area contributed by atoms with Crippen molar-refractivity contribution in [2.24, 2.45) is 0 Å². The van der Waals surface area contributed by atoms with Crippen molar-refractivity contribution < 1.29 is 13.2 Å². The number of aryl methyl sites for hydroxylation is 1. The summed E-state index contributed by atoms with van der Waals surface area (Å²) < 4.78 is 39.5. The van der Waals surface area contributed by atoms with Gasteiger partial charge in [0.25, 0.3) is 0 Å². The van der Waals surface area contributed by atoms with Crippen molar-refractivity contribution in [2.75, 3.05) is 6.54 Å². The van der Waals surface area contributed by atoms with Crippen molar-refractivity contribution in [3.63, 3.8) is 0 Å². The molecule has 0 radical (unpaired) electrons. The maximum absolute atomic E-state index is 13.2. The second-order valence-electron chi connectivity index (χ2n) is 4.42. The van der Waals surface area contributed by atoms with Crippen LogP contribution in [-0.2, 0) is 5.54 Å². The van der Waals surface area contributed by atoms with E-state index in [1.54, 1.807) is 12.1 Å². The summed E-state index contributed by atoms with van der Waals surface area (Å²) in [7, 11) is 0. The van der Waals surface area contributed by atoms with E-state index in [4.69, 9.17) is 0 Å². The maximum Gasteiger partial charge on any atom is 0.410 e. The van der Waals surface area contributed by atoms with Crippen LogP contribution in [0.25, 0.3) is 0 Å². The maximum atomic E-state index is 13.2. The number of hydrogen-bond donors (Lipinski definition) is 1. The lowest BCUT2D eigenvalue weighted by Crippen LogP contribution is -2.51. The monoisotopic (exact) mass is 245 g/mol.